The maximum atomic E-state index is 13.9. The Balaban J connectivity index is 1.71. The van der Waals surface area contributed by atoms with Crippen LogP contribution in [0.15, 0.2) is 42.5 Å². The zero-order valence-electron chi connectivity index (χ0n) is 13.6. The standard InChI is InChI=1S/C17H17ClFN5O/c1-2-24-17(21-22-23-24)20-10-12-6-3-4-9-16(12)25-11-13-14(18)7-5-8-15(13)19/h3-9H,2,10-11H2,1H3,(H,20,21,23). The summed E-state index contributed by atoms with van der Waals surface area (Å²) < 4.78 is 21.3. The van der Waals surface area contributed by atoms with Crippen molar-refractivity contribution < 1.29 is 9.13 Å². The average Bonchev–Trinajstić information content (AvgIpc) is 3.08. The van der Waals surface area contributed by atoms with Crippen LogP contribution in [-0.4, -0.2) is 20.2 Å². The molecule has 25 heavy (non-hydrogen) atoms. The molecule has 6 nitrogen and oxygen atoms in total. The fourth-order valence-corrected chi connectivity index (χ4v) is 2.55. The van der Waals surface area contributed by atoms with Crippen LogP contribution < -0.4 is 10.1 Å². The number of rotatable bonds is 7. The number of aromatic nitrogens is 4. The topological polar surface area (TPSA) is 64.9 Å². The molecule has 0 saturated carbocycles. The number of halogens is 2. The van der Waals surface area contributed by atoms with Crippen molar-refractivity contribution in [1.29, 1.82) is 0 Å². The maximum absolute atomic E-state index is 13.9. The molecule has 0 spiro atoms. The third-order valence-corrected chi connectivity index (χ3v) is 4.03. The van der Waals surface area contributed by atoms with Crippen LogP contribution in [0.25, 0.3) is 0 Å². The second-order valence-electron chi connectivity index (χ2n) is 5.27. The minimum Gasteiger partial charge on any atom is -0.488 e. The maximum Gasteiger partial charge on any atom is 0.243 e. The lowest BCUT2D eigenvalue weighted by Crippen LogP contribution is -2.09. The predicted octanol–water partition coefficient (Wildman–Crippen LogP) is 3.68. The zero-order chi connectivity index (χ0) is 17.6. The van der Waals surface area contributed by atoms with E-state index in [0.29, 0.717) is 35.4 Å². The first-order chi connectivity index (χ1) is 12.2. The van der Waals surface area contributed by atoms with Gasteiger partial charge in [-0.1, -0.05) is 41.0 Å². The Hall–Kier alpha value is -2.67. The lowest BCUT2D eigenvalue weighted by Gasteiger charge is -2.13. The lowest BCUT2D eigenvalue weighted by molar-refractivity contribution is 0.297. The number of tetrazole rings is 1. The minimum absolute atomic E-state index is 0.0508. The van der Waals surface area contributed by atoms with Crippen LogP contribution in [0.4, 0.5) is 10.3 Å². The van der Waals surface area contributed by atoms with Gasteiger partial charge >= 0.3 is 0 Å². The van der Waals surface area contributed by atoms with E-state index in [1.807, 2.05) is 31.2 Å². The van der Waals surface area contributed by atoms with Gasteiger partial charge in [-0.25, -0.2) is 9.07 Å². The number of anilines is 1. The van der Waals surface area contributed by atoms with E-state index < -0.39 is 0 Å². The van der Waals surface area contributed by atoms with E-state index in [2.05, 4.69) is 20.8 Å². The van der Waals surface area contributed by atoms with Gasteiger partial charge in [0, 0.05) is 24.2 Å². The van der Waals surface area contributed by atoms with Crippen LogP contribution in [0, 0.1) is 5.82 Å². The van der Waals surface area contributed by atoms with Gasteiger partial charge < -0.3 is 10.1 Å². The van der Waals surface area contributed by atoms with Crippen LogP contribution >= 0.6 is 11.6 Å². The van der Waals surface area contributed by atoms with Crippen molar-refractivity contribution in [3.05, 3.63) is 64.4 Å². The van der Waals surface area contributed by atoms with Crippen LogP contribution in [0.1, 0.15) is 18.1 Å². The lowest BCUT2D eigenvalue weighted by atomic mass is 10.2. The molecule has 0 aliphatic heterocycles. The van der Waals surface area contributed by atoms with Gasteiger partial charge in [0.25, 0.3) is 0 Å². The highest BCUT2D eigenvalue weighted by Gasteiger charge is 2.10. The summed E-state index contributed by atoms with van der Waals surface area (Å²) >= 11 is 6.04. The highest BCUT2D eigenvalue weighted by Crippen LogP contribution is 2.24. The first-order valence-electron chi connectivity index (χ1n) is 7.82. The van der Waals surface area contributed by atoms with E-state index in [1.54, 1.807) is 16.8 Å². The van der Waals surface area contributed by atoms with Crippen LogP contribution in [0.5, 0.6) is 5.75 Å². The molecule has 1 N–H and O–H groups in total. The van der Waals surface area contributed by atoms with E-state index >= 15 is 0 Å². The van der Waals surface area contributed by atoms with Crippen LogP contribution in [-0.2, 0) is 19.7 Å². The molecule has 8 heteroatoms. The van der Waals surface area contributed by atoms with Gasteiger partial charge in [-0.15, -0.1) is 0 Å². The Kier molecular flexibility index (Phi) is 5.45. The van der Waals surface area contributed by atoms with Gasteiger partial charge in [-0.3, -0.25) is 0 Å². The number of benzene rings is 2. The van der Waals surface area contributed by atoms with Gasteiger partial charge in [0.1, 0.15) is 18.2 Å². The molecule has 0 unspecified atom stereocenters. The number of nitrogens with one attached hydrogen (secondary N) is 1. The Morgan fingerprint density at radius 3 is 2.84 bits per heavy atom. The summed E-state index contributed by atoms with van der Waals surface area (Å²) in [5.41, 5.74) is 1.24. The van der Waals surface area contributed by atoms with Gasteiger partial charge in [-0.05, 0) is 35.5 Å². The molecule has 0 atom stereocenters. The molecule has 0 radical (unpaired) electrons. The molecule has 3 rings (SSSR count). The smallest absolute Gasteiger partial charge is 0.243 e. The summed E-state index contributed by atoms with van der Waals surface area (Å²) in [6.45, 7) is 3.15. The number of nitrogens with zero attached hydrogens (tertiary/aromatic N) is 4. The van der Waals surface area contributed by atoms with E-state index in [9.17, 15) is 4.39 Å². The highest BCUT2D eigenvalue weighted by molar-refractivity contribution is 6.31. The third kappa shape index (κ3) is 4.06. The molecule has 0 saturated heterocycles. The van der Waals surface area contributed by atoms with E-state index in [1.165, 1.54) is 6.07 Å². The molecule has 0 aliphatic carbocycles. The monoisotopic (exact) mass is 361 g/mol. The average molecular weight is 362 g/mol. The van der Waals surface area contributed by atoms with Crippen molar-refractivity contribution in [3.63, 3.8) is 0 Å². The molecule has 0 amide bonds. The van der Waals surface area contributed by atoms with Gasteiger partial charge in [0.05, 0.1) is 5.02 Å². The van der Waals surface area contributed by atoms with Crippen LogP contribution in [0.2, 0.25) is 5.02 Å². The van der Waals surface area contributed by atoms with Crippen molar-refractivity contribution in [2.24, 2.45) is 0 Å². The molecule has 3 aromatic rings. The van der Waals surface area contributed by atoms with Crippen LogP contribution in [0.3, 0.4) is 0 Å². The summed E-state index contributed by atoms with van der Waals surface area (Å²) in [6, 6.07) is 12.1. The molecule has 130 valence electrons. The number of ether oxygens (including phenoxy) is 1. The summed E-state index contributed by atoms with van der Waals surface area (Å²) in [7, 11) is 0. The fraction of sp³-hybridized carbons (Fsp3) is 0.235. The highest BCUT2D eigenvalue weighted by atomic mass is 35.5. The van der Waals surface area contributed by atoms with Crippen molar-refractivity contribution in [3.8, 4) is 5.75 Å². The molecular weight excluding hydrogens is 345 g/mol. The largest absolute Gasteiger partial charge is 0.488 e. The van der Waals surface area contributed by atoms with E-state index in [-0.39, 0.29) is 12.4 Å². The van der Waals surface area contributed by atoms with Crippen molar-refractivity contribution in [2.75, 3.05) is 5.32 Å². The van der Waals surface area contributed by atoms with E-state index in [4.69, 9.17) is 16.3 Å². The first-order valence-corrected chi connectivity index (χ1v) is 8.20. The van der Waals surface area contributed by atoms with Crippen molar-refractivity contribution in [1.82, 2.24) is 20.2 Å². The quantitative estimate of drug-likeness (QED) is 0.695. The number of hydrogen-bond acceptors (Lipinski definition) is 5. The Morgan fingerprint density at radius 1 is 1.20 bits per heavy atom. The van der Waals surface area contributed by atoms with Crippen molar-refractivity contribution >= 4 is 17.5 Å². The summed E-state index contributed by atoms with van der Waals surface area (Å²) in [5.74, 6) is 0.838. The SMILES string of the molecule is CCn1nnnc1NCc1ccccc1OCc1c(F)cccc1Cl. The van der Waals surface area contributed by atoms with Gasteiger partial charge in [-0.2, -0.15) is 0 Å². The number of para-hydroxylation sites is 1. The fourth-order valence-electron chi connectivity index (χ4n) is 2.33. The molecule has 2 aromatic carbocycles. The molecule has 1 heterocycles. The molecular formula is C17H17ClFN5O. The third-order valence-electron chi connectivity index (χ3n) is 3.67. The predicted molar refractivity (Wildman–Crippen MR) is 93.0 cm³/mol. The molecule has 1 aromatic heterocycles. The molecule has 0 aliphatic rings. The minimum atomic E-state index is -0.384. The zero-order valence-corrected chi connectivity index (χ0v) is 14.4. The van der Waals surface area contributed by atoms with E-state index in [0.717, 1.165) is 5.56 Å². The van der Waals surface area contributed by atoms with Crippen molar-refractivity contribution in [2.45, 2.75) is 26.6 Å². The molecule has 0 bridgehead atoms. The van der Waals surface area contributed by atoms with Gasteiger partial charge in [0.2, 0.25) is 5.95 Å². The normalized spacial score (nSPS) is 10.7. The Morgan fingerprint density at radius 2 is 2.04 bits per heavy atom. The first kappa shape index (κ1) is 17.2. The Labute approximate surface area is 149 Å². The van der Waals surface area contributed by atoms with Gasteiger partial charge in [0.15, 0.2) is 0 Å². The second kappa shape index (κ2) is 7.94. The Bertz CT molecular complexity index is 834. The number of aryl methyl sites for hydroxylation is 1. The summed E-state index contributed by atoms with van der Waals surface area (Å²) in [4.78, 5) is 0. The summed E-state index contributed by atoms with van der Waals surface area (Å²) in [5, 5.41) is 15.0. The number of hydrogen-bond donors (Lipinski definition) is 1. The molecule has 0 fully saturated rings. The second-order valence-corrected chi connectivity index (χ2v) is 5.68. The summed E-state index contributed by atoms with van der Waals surface area (Å²) in [6.07, 6.45) is 0.